The molecule has 0 amide bonds. The Labute approximate surface area is 144 Å². The minimum absolute atomic E-state index is 0.284. The Morgan fingerprint density at radius 3 is 2.71 bits per heavy atom. The van der Waals surface area contributed by atoms with E-state index in [2.05, 4.69) is 15.5 Å². The second-order valence-electron chi connectivity index (χ2n) is 4.71. The molecule has 0 aliphatic rings. The standard InChI is InChI=1S/C14H9ClFN5O2S/c15-10-1-3-12(4-2-10)20-14(17-18-19-20)24-8-9-5-11(16)7-13(6-9)21(22)23/h1-7H,8H2. The van der Waals surface area contributed by atoms with Crippen molar-refractivity contribution in [3.63, 3.8) is 0 Å². The summed E-state index contributed by atoms with van der Waals surface area (Å²) in [7, 11) is 0. The molecule has 1 aromatic heterocycles. The van der Waals surface area contributed by atoms with Gasteiger partial charge in [0.15, 0.2) is 0 Å². The zero-order valence-corrected chi connectivity index (χ0v) is 13.5. The van der Waals surface area contributed by atoms with Crippen molar-refractivity contribution < 1.29 is 9.31 Å². The van der Waals surface area contributed by atoms with Crippen LogP contribution in [0.2, 0.25) is 5.02 Å². The molecule has 0 bridgehead atoms. The number of rotatable bonds is 5. The molecule has 0 saturated carbocycles. The first-order valence-corrected chi connectivity index (χ1v) is 8.00. The Morgan fingerprint density at radius 2 is 2.00 bits per heavy atom. The molecular formula is C14H9ClFN5O2S. The van der Waals surface area contributed by atoms with Crippen molar-refractivity contribution in [2.45, 2.75) is 10.9 Å². The predicted octanol–water partition coefficient (Wildman–Crippen LogP) is 3.66. The van der Waals surface area contributed by atoms with Crippen LogP contribution in [0.5, 0.6) is 0 Å². The van der Waals surface area contributed by atoms with Crippen LogP contribution in [0.15, 0.2) is 47.6 Å². The highest BCUT2D eigenvalue weighted by Crippen LogP contribution is 2.25. The van der Waals surface area contributed by atoms with E-state index in [1.807, 2.05) is 0 Å². The molecule has 0 N–H and O–H groups in total. The quantitative estimate of drug-likeness (QED) is 0.389. The topological polar surface area (TPSA) is 86.7 Å². The van der Waals surface area contributed by atoms with Crippen LogP contribution in [0.25, 0.3) is 5.69 Å². The number of non-ortho nitro benzene ring substituents is 1. The lowest BCUT2D eigenvalue weighted by atomic mass is 10.2. The van der Waals surface area contributed by atoms with Gasteiger partial charge in [-0.15, -0.1) is 5.10 Å². The molecule has 0 saturated heterocycles. The molecule has 0 atom stereocenters. The van der Waals surface area contributed by atoms with E-state index in [0.29, 0.717) is 15.7 Å². The Bertz CT molecular complexity index is 887. The number of halogens is 2. The second-order valence-corrected chi connectivity index (χ2v) is 6.09. The Morgan fingerprint density at radius 1 is 1.25 bits per heavy atom. The van der Waals surface area contributed by atoms with Gasteiger partial charge in [-0.3, -0.25) is 10.1 Å². The summed E-state index contributed by atoms with van der Waals surface area (Å²) in [4.78, 5) is 10.2. The molecule has 0 spiro atoms. The number of benzene rings is 2. The van der Waals surface area contributed by atoms with Crippen LogP contribution >= 0.6 is 23.4 Å². The van der Waals surface area contributed by atoms with Gasteiger partial charge in [-0.1, -0.05) is 23.4 Å². The molecule has 3 aromatic rings. The molecule has 1 heterocycles. The van der Waals surface area contributed by atoms with Crippen molar-refractivity contribution in [2.24, 2.45) is 0 Å². The SMILES string of the molecule is O=[N+]([O-])c1cc(F)cc(CSc2nnnn2-c2ccc(Cl)cc2)c1. The third-order valence-electron chi connectivity index (χ3n) is 3.03. The minimum atomic E-state index is -0.655. The third-order valence-corrected chi connectivity index (χ3v) is 4.28. The van der Waals surface area contributed by atoms with Crippen molar-refractivity contribution in [1.82, 2.24) is 20.2 Å². The van der Waals surface area contributed by atoms with Gasteiger partial charge in [0.1, 0.15) is 5.82 Å². The fourth-order valence-corrected chi connectivity index (χ4v) is 2.93. The first-order chi connectivity index (χ1) is 11.5. The van der Waals surface area contributed by atoms with Gasteiger partial charge in [0, 0.05) is 16.8 Å². The van der Waals surface area contributed by atoms with Gasteiger partial charge in [-0.05, 0) is 46.3 Å². The van der Waals surface area contributed by atoms with Crippen LogP contribution in [0.4, 0.5) is 10.1 Å². The van der Waals surface area contributed by atoms with E-state index in [1.165, 1.54) is 28.6 Å². The summed E-state index contributed by atoms with van der Waals surface area (Å²) in [5, 5.41) is 23.3. The number of thioether (sulfide) groups is 1. The fraction of sp³-hybridized carbons (Fsp3) is 0.0714. The first-order valence-electron chi connectivity index (χ1n) is 6.64. The van der Waals surface area contributed by atoms with Gasteiger partial charge in [-0.2, -0.15) is 4.68 Å². The molecule has 0 unspecified atom stereocenters. The highest BCUT2D eigenvalue weighted by molar-refractivity contribution is 7.98. The number of hydrogen-bond acceptors (Lipinski definition) is 6. The van der Waals surface area contributed by atoms with Gasteiger partial charge < -0.3 is 0 Å². The number of nitrogens with zero attached hydrogens (tertiary/aromatic N) is 5. The van der Waals surface area contributed by atoms with E-state index in [4.69, 9.17) is 11.6 Å². The summed E-state index contributed by atoms with van der Waals surface area (Å²) in [6, 6.07) is 10.4. The Balaban J connectivity index is 1.80. The molecular weight excluding hydrogens is 357 g/mol. The molecule has 7 nitrogen and oxygen atoms in total. The molecule has 122 valence electrons. The lowest BCUT2D eigenvalue weighted by Gasteiger charge is -2.05. The summed E-state index contributed by atoms with van der Waals surface area (Å²) < 4.78 is 15.0. The van der Waals surface area contributed by atoms with Crippen LogP contribution in [0.1, 0.15) is 5.56 Å². The lowest BCUT2D eigenvalue weighted by molar-refractivity contribution is -0.385. The van der Waals surface area contributed by atoms with Crippen molar-refractivity contribution in [1.29, 1.82) is 0 Å². The predicted molar refractivity (Wildman–Crippen MR) is 86.8 cm³/mol. The number of nitro benzene ring substituents is 1. The second kappa shape index (κ2) is 6.93. The summed E-state index contributed by atoms with van der Waals surface area (Å²) in [5.74, 6) is -0.371. The van der Waals surface area contributed by atoms with Gasteiger partial charge >= 0.3 is 0 Å². The zero-order chi connectivity index (χ0) is 17.1. The van der Waals surface area contributed by atoms with Crippen LogP contribution in [0.3, 0.4) is 0 Å². The van der Waals surface area contributed by atoms with Gasteiger partial charge in [0.05, 0.1) is 16.7 Å². The minimum Gasteiger partial charge on any atom is -0.258 e. The van der Waals surface area contributed by atoms with E-state index < -0.39 is 10.7 Å². The number of aromatic nitrogens is 4. The van der Waals surface area contributed by atoms with E-state index in [0.717, 1.165) is 11.8 Å². The highest BCUT2D eigenvalue weighted by atomic mass is 35.5. The number of tetrazole rings is 1. The van der Waals surface area contributed by atoms with E-state index >= 15 is 0 Å². The number of hydrogen-bond donors (Lipinski definition) is 0. The van der Waals surface area contributed by atoms with Crippen molar-refractivity contribution in [3.05, 3.63) is 69.0 Å². The van der Waals surface area contributed by atoms with Crippen LogP contribution < -0.4 is 0 Å². The molecule has 3 rings (SSSR count). The third kappa shape index (κ3) is 3.69. The average molecular weight is 366 g/mol. The lowest BCUT2D eigenvalue weighted by Crippen LogP contribution is -1.99. The van der Waals surface area contributed by atoms with Crippen LogP contribution in [-0.4, -0.2) is 25.1 Å². The van der Waals surface area contributed by atoms with Gasteiger partial charge in [0.2, 0.25) is 5.16 Å². The normalized spacial score (nSPS) is 10.8. The molecule has 0 radical (unpaired) electrons. The van der Waals surface area contributed by atoms with Crippen molar-refractivity contribution >= 4 is 29.1 Å². The average Bonchev–Trinajstić information content (AvgIpc) is 3.01. The Hall–Kier alpha value is -2.52. The van der Waals surface area contributed by atoms with E-state index in [1.54, 1.807) is 24.3 Å². The van der Waals surface area contributed by atoms with Gasteiger partial charge in [0.25, 0.3) is 5.69 Å². The fourth-order valence-electron chi connectivity index (χ4n) is 1.98. The zero-order valence-electron chi connectivity index (χ0n) is 12.0. The highest BCUT2D eigenvalue weighted by Gasteiger charge is 2.13. The summed E-state index contributed by atoms with van der Waals surface area (Å²) in [6.45, 7) is 0. The largest absolute Gasteiger partial charge is 0.272 e. The van der Waals surface area contributed by atoms with E-state index in [-0.39, 0.29) is 11.4 Å². The molecule has 0 fully saturated rings. The van der Waals surface area contributed by atoms with Gasteiger partial charge in [-0.25, -0.2) is 4.39 Å². The summed E-state index contributed by atoms with van der Waals surface area (Å²) in [5.41, 5.74) is 0.900. The van der Waals surface area contributed by atoms with Crippen molar-refractivity contribution in [2.75, 3.05) is 0 Å². The summed E-state index contributed by atoms with van der Waals surface area (Å²) in [6.07, 6.45) is 0. The maximum absolute atomic E-state index is 13.5. The molecule has 0 aliphatic carbocycles. The van der Waals surface area contributed by atoms with Crippen LogP contribution in [0, 0.1) is 15.9 Å². The van der Waals surface area contributed by atoms with Crippen molar-refractivity contribution in [3.8, 4) is 5.69 Å². The molecule has 2 aromatic carbocycles. The van der Waals surface area contributed by atoms with Crippen LogP contribution in [-0.2, 0) is 5.75 Å². The van der Waals surface area contributed by atoms with E-state index in [9.17, 15) is 14.5 Å². The molecule has 24 heavy (non-hydrogen) atoms. The number of nitro groups is 1. The Kier molecular flexibility index (Phi) is 4.72. The smallest absolute Gasteiger partial charge is 0.258 e. The maximum atomic E-state index is 13.5. The monoisotopic (exact) mass is 365 g/mol. The first kappa shape index (κ1) is 16.3. The maximum Gasteiger partial charge on any atom is 0.272 e. The molecule has 0 aliphatic heterocycles. The summed E-state index contributed by atoms with van der Waals surface area (Å²) >= 11 is 7.09. The molecule has 10 heteroatoms.